The third-order valence-electron chi connectivity index (χ3n) is 3.44. The Labute approximate surface area is 121 Å². The minimum atomic E-state index is -0.830. The molecule has 0 amide bonds. The van der Waals surface area contributed by atoms with E-state index in [1.165, 1.54) is 6.07 Å². The molecule has 3 aromatic rings. The summed E-state index contributed by atoms with van der Waals surface area (Å²) in [5.74, 6) is -1.66. The van der Waals surface area contributed by atoms with Gasteiger partial charge in [-0.2, -0.15) is 0 Å². The first kappa shape index (κ1) is 13.5. The van der Waals surface area contributed by atoms with Gasteiger partial charge < -0.3 is 5.32 Å². The fourth-order valence-corrected chi connectivity index (χ4v) is 2.31. The molecule has 0 saturated heterocycles. The zero-order chi connectivity index (χ0) is 14.8. The van der Waals surface area contributed by atoms with Gasteiger partial charge in [0.05, 0.1) is 5.52 Å². The second-order valence-corrected chi connectivity index (χ2v) is 4.93. The molecule has 0 saturated carbocycles. The number of nitrogens with zero attached hydrogens (tertiary/aromatic N) is 1. The number of benzene rings is 2. The molecule has 0 aliphatic heterocycles. The van der Waals surface area contributed by atoms with Crippen molar-refractivity contribution >= 4 is 16.6 Å². The first-order chi connectivity index (χ1) is 10.1. The monoisotopic (exact) mass is 284 g/mol. The van der Waals surface area contributed by atoms with Crippen molar-refractivity contribution in [3.05, 3.63) is 71.4 Å². The van der Waals surface area contributed by atoms with Crippen molar-refractivity contribution in [3.63, 3.8) is 0 Å². The van der Waals surface area contributed by atoms with Crippen LogP contribution in [0.15, 0.2) is 48.7 Å². The van der Waals surface area contributed by atoms with E-state index >= 15 is 0 Å². The number of anilines is 1. The minimum absolute atomic E-state index is 0.421. The molecule has 106 valence electrons. The van der Waals surface area contributed by atoms with E-state index in [9.17, 15) is 8.78 Å². The van der Waals surface area contributed by atoms with Gasteiger partial charge in [-0.1, -0.05) is 12.1 Å². The van der Waals surface area contributed by atoms with Gasteiger partial charge in [0.15, 0.2) is 11.6 Å². The third kappa shape index (κ3) is 2.70. The Morgan fingerprint density at radius 2 is 1.90 bits per heavy atom. The van der Waals surface area contributed by atoms with Crippen molar-refractivity contribution in [1.82, 2.24) is 4.98 Å². The minimum Gasteiger partial charge on any atom is -0.380 e. The average Bonchev–Trinajstić information content (AvgIpc) is 2.50. The van der Waals surface area contributed by atoms with Crippen LogP contribution >= 0.6 is 0 Å². The van der Waals surface area contributed by atoms with Gasteiger partial charge in [-0.05, 0) is 48.4 Å². The molecule has 0 aliphatic carbocycles. The molecule has 0 unspecified atom stereocenters. The van der Waals surface area contributed by atoms with Gasteiger partial charge in [0, 0.05) is 23.8 Å². The molecule has 0 aliphatic rings. The topological polar surface area (TPSA) is 24.9 Å². The molecule has 1 N–H and O–H groups in total. The molecule has 0 radical (unpaired) electrons. The van der Waals surface area contributed by atoms with Crippen molar-refractivity contribution in [2.45, 2.75) is 13.5 Å². The predicted octanol–water partition coefficient (Wildman–Crippen LogP) is 4.43. The predicted molar refractivity (Wildman–Crippen MR) is 80.2 cm³/mol. The van der Waals surface area contributed by atoms with Crippen molar-refractivity contribution < 1.29 is 8.78 Å². The lowest BCUT2D eigenvalue weighted by atomic mass is 10.1. The maximum Gasteiger partial charge on any atom is 0.159 e. The molecule has 2 aromatic carbocycles. The van der Waals surface area contributed by atoms with Crippen LogP contribution in [0.25, 0.3) is 10.9 Å². The van der Waals surface area contributed by atoms with Crippen LogP contribution in [0, 0.1) is 18.6 Å². The second kappa shape index (κ2) is 5.48. The largest absolute Gasteiger partial charge is 0.380 e. The van der Waals surface area contributed by atoms with Crippen LogP contribution in [0.5, 0.6) is 0 Å². The van der Waals surface area contributed by atoms with Crippen LogP contribution in [0.3, 0.4) is 0 Å². The molecule has 1 heterocycles. The highest BCUT2D eigenvalue weighted by Crippen LogP contribution is 2.25. The molecule has 0 bridgehead atoms. The Morgan fingerprint density at radius 1 is 1.05 bits per heavy atom. The van der Waals surface area contributed by atoms with Gasteiger partial charge in [-0.15, -0.1) is 0 Å². The SMILES string of the molecule is Cc1ccc(NCc2ccc(F)c(F)c2)c2cccnc12. The van der Waals surface area contributed by atoms with Crippen molar-refractivity contribution in [2.75, 3.05) is 5.32 Å². The van der Waals surface area contributed by atoms with E-state index in [0.717, 1.165) is 28.2 Å². The molecule has 0 atom stereocenters. The first-order valence-corrected chi connectivity index (χ1v) is 6.67. The third-order valence-corrected chi connectivity index (χ3v) is 3.44. The summed E-state index contributed by atoms with van der Waals surface area (Å²) in [5, 5.41) is 4.26. The maximum atomic E-state index is 13.2. The van der Waals surface area contributed by atoms with Crippen LogP contribution in [0.4, 0.5) is 14.5 Å². The van der Waals surface area contributed by atoms with Gasteiger partial charge in [0.1, 0.15) is 0 Å². The number of nitrogens with one attached hydrogen (secondary N) is 1. The molecule has 4 heteroatoms. The smallest absolute Gasteiger partial charge is 0.159 e. The van der Waals surface area contributed by atoms with Gasteiger partial charge in [0.2, 0.25) is 0 Å². The molecule has 1 aromatic heterocycles. The van der Waals surface area contributed by atoms with E-state index in [2.05, 4.69) is 10.3 Å². The number of fused-ring (bicyclic) bond motifs is 1. The van der Waals surface area contributed by atoms with Crippen LogP contribution < -0.4 is 5.32 Å². The summed E-state index contributed by atoms with van der Waals surface area (Å²) in [6, 6.07) is 11.7. The molecule has 3 rings (SSSR count). The highest BCUT2D eigenvalue weighted by Gasteiger charge is 2.06. The number of hydrogen-bond donors (Lipinski definition) is 1. The summed E-state index contributed by atoms with van der Waals surface area (Å²) < 4.78 is 26.1. The summed E-state index contributed by atoms with van der Waals surface area (Å²) in [7, 11) is 0. The Balaban J connectivity index is 1.88. The summed E-state index contributed by atoms with van der Waals surface area (Å²) in [6.07, 6.45) is 1.76. The zero-order valence-electron chi connectivity index (χ0n) is 11.5. The van der Waals surface area contributed by atoms with Crippen LogP contribution in [0.1, 0.15) is 11.1 Å². The number of aryl methyl sites for hydroxylation is 1. The first-order valence-electron chi connectivity index (χ1n) is 6.67. The Morgan fingerprint density at radius 3 is 2.71 bits per heavy atom. The molecule has 21 heavy (non-hydrogen) atoms. The van der Waals surface area contributed by atoms with Crippen molar-refractivity contribution in [2.24, 2.45) is 0 Å². The molecular weight excluding hydrogens is 270 g/mol. The fourth-order valence-electron chi connectivity index (χ4n) is 2.31. The van der Waals surface area contributed by atoms with Crippen molar-refractivity contribution in [3.8, 4) is 0 Å². The van der Waals surface area contributed by atoms with Crippen LogP contribution in [-0.4, -0.2) is 4.98 Å². The highest BCUT2D eigenvalue weighted by atomic mass is 19.2. The highest BCUT2D eigenvalue weighted by molar-refractivity contribution is 5.93. The van der Waals surface area contributed by atoms with E-state index in [0.29, 0.717) is 12.1 Å². The summed E-state index contributed by atoms with van der Waals surface area (Å²) in [4.78, 5) is 4.37. The normalized spacial score (nSPS) is 10.8. The quantitative estimate of drug-likeness (QED) is 0.769. The van der Waals surface area contributed by atoms with E-state index in [1.54, 1.807) is 12.3 Å². The standard InChI is InChI=1S/C17H14F2N2/c1-11-4-7-16(13-3-2-8-20-17(11)13)21-10-12-5-6-14(18)15(19)9-12/h2-9,21H,10H2,1H3. The molecule has 0 spiro atoms. The summed E-state index contributed by atoms with van der Waals surface area (Å²) >= 11 is 0. The number of aromatic nitrogens is 1. The van der Waals surface area contributed by atoms with Crippen molar-refractivity contribution in [1.29, 1.82) is 0 Å². The summed E-state index contributed by atoms with van der Waals surface area (Å²) in [6.45, 7) is 2.43. The molecule has 0 fully saturated rings. The second-order valence-electron chi connectivity index (χ2n) is 4.93. The zero-order valence-corrected chi connectivity index (χ0v) is 11.5. The van der Waals surface area contributed by atoms with E-state index in [-0.39, 0.29) is 0 Å². The summed E-state index contributed by atoms with van der Waals surface area (Å²) in [5.41, 5.74) is 3.65. The number of pyridine rings is 1. The van der Waals surface area contributed by atoms with E-state index in [1.807, 2.05) is 31.2 Å². The average molecular weight is 284 g/mol. The molecule has 2 nitrogen and oxygen atoms in total. The lowest BCUT2D eigenvalue weighted by molar-refractivity contribution is 0.507. The maximum absolute atomic E-state index is 13.2. The van der Waals surface area contributed by atoms with Gasteiger partial charge in [0.25, 0.3) is 0 Å². The van der Waals surface area contributed by atoms with E-state index in [4.69, 9.17) is 0 Å². The lowest BCUT2D eigenvalue weighted by Crippen LogP contribution is -2.01. The molecular formula is C17H14F2N2. The van der Waals surface area contributed by atoms with Crippen LogP contribution in [-0.2, 0) is 6.54 Å². The Hall–Kier alpha value is -2.49. The number of rotatable bonds is 3. The van der Waals surface area contributed by atoms with Crippen LogP contribution in [0.2, 0.25) is 0 Å². The number of halogens is 2. The van der Waals surface area contributed by atoms with Gasteiger partial charge >= 0.3 is 0 Å². The fraction of sp³-hybridized carbons (Fsp3) is 0.118. The van der Waals surface area contributed by atoms with Gasteiger partial charge in [-0.25, -0.2) is 8.78 Å². The van der Waals surface area contributed by atoms with E-state index < -0.39 is 11.6 Å². The Kier molecular flexibility index (Phi) is 3.52. The Bertz CT molecular complexity index is 800. The van der Waals surface area contributed by atoms with Gasteiger partial charge in [-0.3, -0.25) is 4.98 Å². The lowest BCUT2D eigenvalue weighted by Gasteiger charge is -2.11. The number of hydrogen-bond acceptors (Lipinski definition) is 2.